The number of benzene rings is 1. The molecule has 1 aromatic rings. The Morgan fingerprint density at radius 1 is 1.17 bits per heavy atom. The maximum atomic E-state index is 12.7. The van der Waals surface area contributed by atoms with Crippen molar-refractivity contribution in [3.63, 3.8) is 0 Å². The molecule has 2 fully saturated rings. The van der Waals surface area contributed by atoms with Gasteiger partial charge in [-0.2, -0.15) is 0 Å². The van der Waals surface area contributed by atoms with E-state index in [0.29, 0.717) is 11.5 Å². The van der Waals surface area contributed by atoms with Gasteiger partial charge in [0.05, 0.1) is 17.9 Å². The number of ether oxygens (including phenoxy) is 2. The number of carbonyl (C=O) groups is 2. The minimum Gasteiger partial charge on any atom is -0.481 e. The monoisotopic (exact) mass is 331 g/mol. The molecule has 0 aromatic heterocycles. The highest BCUT2D eigenvalue weighted by atomic mass is 16.7. The quantitative estimate of drug-likeness (QED) is 0.884. The number of hydrogen-bond acceptors (Lipinski definition) is 4. The molecule has 2 saturated carbocycles. The summed E-state index contributed by atoms with van der Waals surface area (Å²) < 4.78 is 10.7. The topological polar surface area (TPSA) is 84.9 Å². The summed E-state index contributed by atoms with van der Waals surface area (Å²) in [4.78, 5) is 24.3. The molecule has 3 aliphatic rings. The van der Waals surface area contributed by atoms with Gasteiger partial charge in [-0.15, -0.1) is 0 Å². The van der Waals surface area contributed by atoms with Crippen molar-refractivity contribution in [2.75, 3.05) is 6.79 Å². The Labute approximate surface area is 140 Å². The second kappa shape index (κ2) is 5.69. The number of carboxylic acid groups (broad SMARTS) is 1. The number of rotatable bonds is 4. The van der Waals surface area contributed by atoms with Crippen molar-refractivity contribution >= 4 is 11.9 Å². The molecule has 128 valence electrons. The summed E-state index contributed by atoms with van der Waals surface area (Å²) in [5.41, 5.74) is 0.919. The zero-order valence-electron chi connectivity index (χ0n) is 13.5. The molecule has 0 radical (unpaired) electrons. The lowest BCUT2D eigenvalue weighted by Gasteiger charge is -2.28. The molecule has 24 heavy (non-hydrogen) atoms. The molecule has 1 aliphatic heterocycles. The predicted molar refractivity (Wildman–Crippen MR) is 84.6 cm³/mol. The van der Waals surface area contributed by atoms with Crippen LogP contribution in [0.3, 0.4) is 0 Å². The molecule has 2 N–H and O–H groups in total. The second-order valence-electron chi connectivity index (χ2n) is 7.07. The van der Waals surface area contributed by atoms with Crippen LogP contribution in [0, 0.1) is 23.7 Å². The SMILES string of the molecule is C[C@H](NC(=O)[C@@H]1[C@H]2CC[C@@H](C2)[C@H]1C(=O)O)c1ccc2c(c1)OCO2. The van der Waals surface area contributed by atoms with Crippen molar-refractivity contribution in [1.29, 1.82) is 0 Å². The van der Waals surface area contributed by atoms with E-state index >= 15 is 0 Å². The van der Waals surface area contributed by atoms with E-state index in [4.69, 9.17) is 9.47 Å². The third kappa shape index (κ3) is 2.41. The number of nitrogens with one attached hydrogen (secondary N) is 1. The molecule has 0 spiro atoms. The first kappa shape index (κ1) is 15.3. The number of fused-ring (bicyclic) bond motifs is 3. The van der Waals surface area contributed by atoms with Crippen LogP contribution in [-0.4, -0.2) is 23.8 Å². The molecule has 0 unspecified atom stereocenters. The average molecular weight is 331 g/mol. The summed E-state index contributed by atoms with van der Waals surface area (Å²) in [7, 11) is 0. The van der Waals surface area contributed by atoms with E-state index in [1.807, 2.05) is 25.1 Å². The standard InChI is InChI=1S/C18H21NO5/c1-9(10-4-5-13-14(7-10)24-8-23-13)19-17(20)15-11-2-3-12(6-11)16(15)18(21)22/h4-5,7,9,11-12,15-16H,2-3,6,8H2,1H3,(H,19,20)(H,21,22)/t9-,11-,12-,15+,16+/m0/s1. The van der Waals surface area contributed by atoms with Crippen LogP contribution >= 0.6 is 0 Å². The van der Waals surface area contributed by atoms with Crippen LogP contribution in [0.15, 0.2) is 18.2 Å². The third-order valence-corrected chi connectivity index (χ3v) is 5.76. The van der Waals surface area contributed by atoms with E-state index in [-0.39, 0.29) is 30.6 Å². The molecule has 6 nitrogen and oxygen atoms in total. The number of aliphatic carboxylic acids is 1. The Hall–Kier alpha value is -2.24. The Kier molecular flexibility index (Phi) is 3.62. The van der Waals surface area contributed by atoms with Gasteiger partial charge in [0.25, 0.3) is 0 Å². The summed E-state index contributed by atoms with van der Waals surface area (Å²) in [5, 5.41) is 12.5. The highest BCUT2D eigenvalue weighted by Crippen LogP contribution is 2.52. The van der Waals surface area contributed by atoms with Gasteiger partial charge in [0.1, 0.15) is 0 Å². The first-order valence-electron chi connectivity index (χ1n) is 8.47. The fourth-order valence-corrected chi connectivity index (χ4v) is 4.60. The van der Waals surface area contributed by atoms with Crippen molar-refractivity contribution in [3.05, 3.63) is 23.8 Å². The number of carbonyl (C=O) groups excluding carboxylic acids is 1. The molecule has 5 atom stereocenters. The largest absolute Gasteiger partial charge is 0.481 e. The average Bonchev–Trinajstić information content (AvgIpc) is 3.28. The molecule has 1 amide bonds. The van der Waals surface area contributed by atoms with Gasteiger partial charge >= 0.3 is 5.97 Å². The Balaban J connectivity index is 1.48. The molecule has 1 aromatic carbocycles. The van der Waals surface area contributed by atoms with Gasteiger partial charge in [0.15, 0.2) is 11.5 Å². The van der Waals surface area contributed by atoms with E-state index in [1.165, 1.54) is 0 Å². The fourth-order valence-electron chi connectivity index (χ4n) is 4.60. The van der Waals surface area contributed by atoms with E-state index in [1.54, 1.807) is 0 Å². The Morgan fingerprint density at radius 3 is 2.62 bits per heavy atom. The summed E-state index contributed by atoms with van der Waals surface area (Å²) >= 11 is 0. The Bertz CT molecular complexity index is 688. The summed E-state index contributed by atoms with van der Waals surface area (Å²) in [6, 6.07) is 5.38. The molecule has 0 saturated heterocycles. The lowest BCUT2D eigenvalue weighted by molar-refractivity contribution is -0.149. The van der Waals surface area contributed by atoms with Crippen molar-refractivity contribution in [1.82, 2.24) is 5.32 Å². The van der Waals surface area contributed by atoms with Gasteiger partial charge in [-0.1, -0.05) is 6.07 Å². The van der Waals surface area contributed by atoms with Crippen LogP contribution in [0.25, 0.3) is 0 Å². The number of hydrogen-bond donors (Lipinski definition) is 2. The molecular weight excluding hydrogens is 310 g/mol. The molecule has 4 rings (SSSR count). The van der Waals surface area contributed by atoms with Crippen LogP contribution in [0.1, 0.15) is 37.8 Å². The Morgan fingerprint density at radius 2 is 1.88 bits per heavy atom. The normalized spacial score (nSPS) is 31.0. The first-order chi connectivity index (χ1) is 11.5. The van der Waals surface area contributed by atoms with E-state index in [2.05, 4.69) is 5.32 Å². The zero-order valence-corrected chi connectivity index (χ0v) is 13.5. The van der Waals surface area contributed by atoms with Crippen molar-refractivity contribution in [2.24, 2.45) is 23.7 Å². The zero-order chi connectivity index (χ0) is 16.8. The molecule has 2 aliphatic carbocycles. The van der Waals surface area contributed by atoms with Gasteiger partial charge in [-0.3, -0.25) is 9.59 Å². The van der Waals surface area contributed by atoms with Crippen LogP contribution in [-0.2, 0) is 9.59 Å². The van der Waals surface area contributed by atoms with Gasteiger partial charge < -0.3 is 19.9 Å². The van der Waals surface area contributed by atoms with Crippen molar-refractivity contribution < 1.29 is 24.2 Å². The number of amides is 1. The first-order valence-corrected chi connectivity index (χ1v) is 8.47. The van der Waals surface area contributed by atoms with Gasteiger partial charge in [-0.05, 0) is 55.7 Å². The molecule has 2 bridgehead atoms. The highest BCUT2D eigenvalue weighted by Gasteiger charge is 2.54. The minimum absolute atomic E-state index is 0.139. The van der Waals surface area contributed by atoms with Crippen LogP contribution < -0.4 is 14.8 Å². The van der Waals surface area contributed by atoms with Gasteiger partial charge in [0.2, 0.25) is 12.7 Å². The van der Waals surface area contributed by atoms with E-state index < -0.39 is 17.8 Å². The molecule has 6 heteroatoms. The molecule has 1 heterocycles. The highest BCUT2D eigenvalue weighted by molar-refractivity contribution is 5.86. The lowest BCUT2D eigenvalue weighted by atomic mass is 9.78. The van der Waals surface area contributed by atoms with Crippen molar-refractivity contribution in [3.8, 4) is 11.5 Å². The predicted octanol–water partition coefficient (Wildman–Crippen LogP) is 2.34. The number of carboxylic acids is 1. The van der Waals surface area contributed by atoms with E-state index in [9.17, 15) is 14.7 Å². The second-order valence-corrected chi connectivity index (χ2v) is 7.07. The van der Waals surface area contributed by atoms with E-state index in [0.717, 1.165) is 24.8 Å². The lowest BCUT2D eigenvalue weighted by Crippen LogP contribution is -2.42. The smallest absolute Gasteiger partial charge is 0.307 e. The van der Waals surface area contributed by atoms with Crippen LogP contribution in [0.5, 0.6) is 11.5 Å². The summed E-state index contributed by atoms with van der Waals surface area (Å²) in [6.45, 7) is 2.11. The van der Waals surface area contributed by atoms with Gasteiger partial charge in [-0.25, -0.2) is 0 Å². The molecular formula is C18H21NO5. The van der Waals surface area contributed by atoms with Crippen molar-refractivity contribution in [2.45, 2.75) is 32.2 Å². The summed E-state index contributed by atoms with van der Waals surface area (Å²) in [6.07, 6.45) is 2.77. The van der Waals surface area contributed by atoms with Crippen LogP contribution in [0.2, 0.25) is 0 Å². The summed E-state index contributed by atoms with van der Waals surface area (Å²) in [5.74, 6) is -0.166. The maximum Gasteiger partial charge on any atom is 0.307 e. The third-order valence-electron chi connectivity index (χ3n) is 5.76. The van der Waals surface area contributed by atoms with Gasteiger partial charge in [0, 0.05) is 0 Å². The fraction of sp³-hybridized carbons (Fsp3) is 0.556. The van der Waals surface area contributed by atoms with Crippen LogP contribution in [0.4, 0.5) is 0 Å². The maximum absolute atomic E-state index is 12.7. The minimum atomic E-state index is -0.835.